The standard InChI is InChI=1S/C13H12FNO/c14-11-3-4-13-10(5-11)6-12(8-16)15(13)7-9-1-2-9/h3-6,8-9H,1-2,7H2. The molecule has 0 spiro atoms. The maximum atomic E-state index is 13.1. The fourth-order valence-electron chi connectivity index (χ4n) is 2.12. The van der Waals surface area contributed by atoms with Crippen LogP contribution in [0.5, 0.6) is 0 Å². The van der Waals surface area contributed by atoms with Gasteiger partial charge < -0.3 is 4.57 Å². The Labute approximate surface area is 92.7 Å². The average Bonchev–Trinajstić information content (AvgIpc) is 3.01. The zero-order chi connectivity index (χ0) is 11.1. The van der Waals surface area contributed by atoms with Gasteiger partial charge in [0.2, 0.25) is 0 Å². The number of hydrogen-bond donors (Lipinski definition) is 0. The second-order valence-electron chi connectivity index (χ2n) is 4.44. The van der Waals surface area contributed by atoms with Crippen molar-refractivity contribution in [2.45, 2.75) is 19.4 Å². The molecule has 0 aliphatic heterocycles. The summed E-state index contributed by atoms with van der Waals surface area (Å²) in [5.41, 5.74) is 1.60. The van der Waals surface area contributed by atoms with E-state index < -0.39 is 0 Å². The van der Waals surface area contributed by atoms with Gasteiger partial charge in [-0.15, -0.1) is 0 Å². The molecular formula is C13H12FNO. The summed E-state index contributed by atoms with van der Waals surface area (Å²) in [5, 5.41) is 0.808. The van der Waals surface area contributed by atoms with E-state index in [2.05, 4.69) is 0 Å². The van der Waals surface area contributed by atoms with Gasteiger partial charge >= 0.3 is 0 Å². The Bertz CT molecular complexity index is 554. The third kappa shape index (κ3) is 1.52. The number of aromatic nitrogens is 1. The van der Waals surface area contributed by atoms with Gasteiger partial charge in [0, 0.05) is 17.4 Å². The third-order valence-electron chi connectivity index (χ3n) is 3.15. The summed E-state index contributed by atoms with van der Waals surface area (Å²) >= 11 is 0. The molecule has 0 amide bonds. The van der Waals surface area contributed by atoms with E-state index >= 15 is 0 Å². The van der Waals surface area contributed by atoms with Crippen LogP contribution in [0.15, 0.2) is 24.3 Å². The second kappa shape index (κ2) is 3.44. The van der Waals surface area contributed by atoms with E-state index in [4.69, 9.17) is 0 Å². The lowest BCUT2D eigenvalue weighted by Crippen LogP contribution is -2.03. The molecule has 2 nitrogen and oxygen atoms in total. The van der Waals surface area contributed by atoms with Crippen molar-refractivity contribution in [1.29, 1.82) is 0 Å². The van der Waals surface area contributed by atoms with Crippen molar-refractivity contribution in [2.75, 3.05) is 0 Å². The quantitative estimate of drug-likeness (QED) is 0.724. The number of rotatable bonds is 3. The molecular weight excluding hydrogens is 205 g/mol. The van der Waals surface area contributed by atoms with Crippen LogP contribution < -0.4 is 0 Å². The predicted molar refractivity (Wildman–Crippen MR) is 60.0 cm³/mol. The molecule has 1 saturated carbocycles. The highest BCUT2D eigenvalue weighted by Gasteiger charge is 2.23. The van der Waals surface area contributed by atoms with E-state index in [1.165, 1.54) is 25.0 Å². The van der Waals surface area contributed by atoms with Crippen LogP contribution in [0.3, 0.4) is 0 Å². The van der Waals surface area contributed by atoms with Gasteiger partial charge in [-0.3, -0.25) is 4.79 Å². The average molecular weight is 217 g/mol. The zero-order valence-electron chi connectivity index (χ0n) is 8.82. The summed E-state index contributed by atoms with van der Waals surface area (Å²) in [4.78, 5) is 11.0. The van der Waals surface area contributed by atoms with Gasteiger partial charge in [-0.1, -0.05) is 0 Å². The van der Waals surface area contributed by atoms with Crippen molar-refractivity contribution in [1.82, 2.24) is 4.57 Å². The van der Waals surface area contributed by atoms with Crippen molar-refractivity contribution in [3.63, 3.8) is 0 Å². The molecule has 3 heteroatoms. The van der Waals surface area contributed by atoms with E-state index in [1.54, 1.807) is 12.1 Å². The number of benzene rings is 1. The van der Waals surface area contributed by atoms with Gasteiger partial charge in [0.15, 0.2) is 6.29 Å². The Morgan fingerprint density at radius 2 is 2.19 bits per heavy atom. The van der Waals surface area contributed by atoms with E-state index in [0.29, 0.717) is 11.6 Å². The first-order chi connectivity index (χ1) is 7.78. The maximum Gasteiger partial charge on any atom is 0.166 e. The van der Waals surface area contributed by atoms with Crippen LogP contribution in [-0.4, -0.2) is 10.9 Å². The van der Waals surface area contributed by atoms with E-state index in [9.17, 15) is 9.18 Å². The molecule has 0 bridgehead atoms. The number of hydrogen-bond acceptors (Lipinski definition) is 1. The van der Waals surface area contributed by atoms with Crippen LogP contribution in [0.25, 0.3) is 10.9 Å². The summed E-state index contributed by atoms with van der Waals surface area (Å²) < 4.78 is 15.1. The van der Waals surface area contributed by atoms with Gasteiger partial charge in [-0.05, 0) is 43.0 Å². The van der Waals surface area contributed by atoms with E-state index in [1.807, 2.05) is 4.57 Å². The Hall–Kier alpha value is -1.64. The molecule has 1 heterocycles. The molecule has 82 valence electrons. The van der Waals surface area contributed by atoms with Gasteiger partial charge in [0.1, 0.15) is 5.82 Å². The molecule has 1 fully saturated rings. The molecule has 1 aromatic carbocycles. The molecule has 2 aromatic rings. The summed E-state index contributed by atoms with van der Waals surface area (Å²) in [7, 11) is 0. The minimum Gasteiger partial charge on any atom is -0.338 e. The number of carbonyl (C=O) groups is 1. The molecule has 0 N–H and O–H groups in total. The molecule has 0 saturated heterocycles. The summed E-state index contributed by atoms with van der Waals surface area (Å²) in [5.74, 6) is 0.438. The summed E-state index contributed by atoms with van der Waals surface area (Å²) in [6, 6.07) is 6.43. The fourth-order valence-corrected chi connectivity index (χ4v) is 2.12. The molecule has 0 radical (unpaired) electrons. The number of carbonyl (C=O) groups excluding carboxylic acids is 1. The van der Waals surface area contributed by atoms with Gasteiger partial charge in [0.25, 0.3) is 0 Å². The molecule has 16 heavy (non-hydrogen) atoms. The van der Waals surface area contributed by atoms with Crippen molar-refractivity contribution >= 4 is 17.2 Å². The lowest BCUT2D eigenvalue weighted by molar-refractivity contribution is 0.111. The van der Waals surface area contributed by atoms with Crippen LogP contribution in [0, 0.1) is 11.7 Å². The topological polar surface area (TPSA) is 22.0 Å². The largest absolute Gasteiger partial charge is 0.338 e. The molecule has 1 aliphatic carbocycles. The monoisotopic (exact) mass is 217 g/mol. The molecule has 0 unspecified atom stereocenters. The van der Waals surface area contributed by atoms with E-state index in [-0.39, 0.29) is 5.82 Å². The van der Waals surface area contributed by atoms with Crippen molar-refractivity contribution in [3.8, 4) is 0 Å². The lowest BCUT2D eigenvalue weighted by atomic mass is 10.2. The highest BCUT2D eigenvalue weighted by Crippen LogP contribution is 2.33. The smallest absolute Gasteiger partial charge is 0.166 e. The van der Waals surface area contributed by atoms with Crippen LogP contribution in [0.2, 0.25) is 0 Å². The molecule has 3 rings (SSSR count). The summed E-state index contributed by atoms with van der Waals surface area (Å²) in [6.45, 7) is 0.878. The van der Waals surface area contributed by atoms with Crippen LogP contribution in [-0.2, 0) is 6.54 Å². The minimum atomic E-state index is -0.256. The highest BCUT2D eigenvalue weighted by atomic mass is 19.1. The highest BCUT2D eigenvalue weighted by molar-refractivity contribution is 5.88. The second-order valence-corrected chi connectivity index (χ2v) is 4.44. The summed E-state index contributed by atoms with van der Waals surface area (Å²) in [6.07, 6.45) is 3.32. The first kappa shape index (κ1) is 9.58. The predicted octanol–water partition coefficient (Wildman–Crippen LogP) is 3.00. The van der Waals surface area contributed by atoms with Crippen molar-refractivity contribution in [2.24, 2.45) is 5.92 Å². The fraction of sp³-hybridized carbons (Fsp3) is 0.308. The Morgan fingerprint density at radius 3 is 2.88 bits per heavy atom. The van der Waals surface area contributed by atoms with Crippen molar-refractivity contribution in [3.05, 3.63) is 35.8 Å². The molecule has 1 aromatic heterocycles. The minimum absolute atomic E-state index is 0.256. The third-order valence-corrected chi connectivity index (χ3v) is 3.15. The van der Waals surface area contributed by atoms with Crippen molar-refractivity contribution < 1.29 is 9.18 Å². The van der Waals surface area contributed by atoms with Crippen LogP contribution in [0.4, 0.5) is 4.39 Å². The normalized spacial score (nSPS) is 15.6. The first-order valence-electron chi connectivity index (χ1n) is 5.52. The molecule has 1 aliphatic rings. The van der Waals surface area contributed by atoms with Gasteiger partial charge in [0.05, 0.1) is 5.69 Å². The number of aldehydes is 1. The number of halogens is 1. The number of nitrogens with zero attached hydrogens (tertiary/aromatic N) is 1. The Morgan fingerprint density at radius 1 is 1.38 bits per heavy atom. The number of fused-ring (bicyclic) bond motifs is 1. The SMILES string of the molecule is O=Cc1cc2cc(F)ccc2n1CC1CC1. The van der Waals surface area contributed by atoms with Gasteiger partial charge in [-0.25, -0.2) is 4.39 Å². The maximum absolute atomic E-state index is 13.1. The van der Waals surface area contributed by atoms with Crippen LogP contribution >= 0.6 is 0 Å². The molecule has 0 atom stereocenters. The van der Waals surface area contributed by atoms with Gasteiger partial charge in [-0.2, -0.15) is 0 Å². The Balaban J connectivity index is 2.17. The first-order valence-corrected chi connectivity index (χ1v) is 5.52. The van der Waals surface area contributed by atoms with E-state index in [0.717, 1.165) is 23.7 Å². The zero-order valence-corrected chi connectivity index (χ0v) is 8.82. The Kier molecular flexibility index (Phi) is 2.06. The van der Waals surface area contributed by atoms with Crippen LogP contribution in [0.1, 0.15) is 23.3 Å². The lowest BCUT2D eigenvalue weighted by Gasteiger charge is -2.05.